The Morgan fingerprint density at radius 2 is 1.41 bits per heavy atom. The molecule has 1 N–H and O–H groups in total. The van der Waals surface area contributed by atoms with Crippen molar-refractivity contribution in [2.75, 3.05) is 17.4 Å². The van der Waals surface area contributed by atoms with Crippen molar-refractivity contribution >= 4 is 50.7 Å². The highest BCUT2D eigenvalue weighted by Gasteiger charge is 2.35. The molecule has 0 aromatic heterocycles. The van der Waals surface area contributed by atoms with E-state index in [1.54, 1.807) is 18.2 Å². The average molecular weight is 653 g/mol. The summed E-state index contributed by atoms with van der Waals surface area (Å²) >= 11 is 12.7. The van der Waals surface area contributed by atoms with Crippen molar-refractivity contribution in [1.82, 2.24) is 10.2 Å². The average Bonchev–Trinajstić information content (AvgIpc) is 3.03. The number of halogens is 2. The van der Waals surface area contributed by atoms with Crippen LogP contribution in [0.1, 0.15) is 30.9 Å². The number of hydrogen-bond donors (Lipinski definition) is 1. The Morgan fingerprint density at radius 1 is 0.818 bits per heavy atom. The van der Waals surface area contributed by atoms with Gasteiger partial charge in [0.1, 0.15) is 12.6 Å². The number of nitrogens with one attached hydrogen (secondary N) is 1. The lowest BCUT2D eigenvalue weighted by Crippen LogP contribution is -2.53. The SMILES string of the molecule is CCCCNC(=O)[C@H](Cc1ccccc1)N(Cc1ccccc1)C(=O)CN(c1ccc(Cl)cc1Cl)S(=O)(=O)c1ccccc1. The van der Waals surface area contributed by atoms with E-state index >= 15 is 0 Å². The van der Waals surface area contributed by atoms with Gasteiger partial charge in [0.05, 0.1) is 15.6 Å². The van der Waals surface area contributed by atoms with E-state index in [-0.39, 0.29) is 34.5 Å². The van der Waals surface area contributed by atoms with Gasteiger partial charge >= 0.3 is 0 Å². The maximum Gasteiger partial charge on any atom is 0.264 e. The molecule has 0 saturated carbocycles. The highest BCUT2D eigenvalue weighted by atomic mass is 35.5. The Morgan fingerprint density at radius 3 is 2.00 bits per heavy atom. The molecule has 0 fully saturated rings. The molecular weight excluding hydrogens is 617 g/mol. The number of amides is 2. The van der Waals surface area contributed by atoms with Crippen LogP contribution in [0.4, 0.5) is 5.69 Å². The van der Waals surface area contributed by atoms with Gasteiger partial charge in [-0.25, -0.2) is 8.42 Å². The van der Waals surface area contributed by atoms with Crippen LogP contribution in [0.2, 0.25) is 10.0 Å². The number of nitrogens with zero attached hydrogens (tertiary/aromatic N) is 2. The summed E-state index contributed by atoms with van der Waals surface area (Å²) in [5.41, 5.74) is 1.76. The topological polar surface area (TPSA) is 86.8 Å². The van der Waals surface area contributed by atoms with E-state index in [4.69, 9.17) is 23.2 Å². The van der Waals surface area contributed by atoms with Crippen molar-refractivity contribution in [3.8, 4) is 0 Å². The second-order valence-electron chi connectivity index (χ2n) is 10.3. The van der Waals surface area contributed by atoms with Gasteiger partial charge in [-0.15, -0.1) is 0 Å². The lowest BCUT2D eigenvalue weighted by Gasteiger charge is -2.34. The molecule has 4 rings (SSSR count). The monoisotopic (exact) mass is 651 g/mol. The molecule has 0 bridgehead atoms. The summed E-state index contributed by atoms with van der Waals surface area (Å²) in [6.45, 7) is 1.98. The Labute approximate surface area is 269 Å². The molecule has 0 aliphatic heterocycles. The molecular formula is C34H35Cl2N3O4S. The summed E-state index contributed by atoms with van der Waals surface area (Å²) in [7, 11) is -4.26. The highest BCUT2D eigenvalue weighted by molar-refractivity contribution is 7.92. The molecule has 44 heavy (non-hydrogen) atoms. The number of anilines is 1. The first-order chi connectivity index (χ1) is 21.2. The number of carbonyl (C=O) groups excluding carboxylic acids is 2. The van der Waals surface area contributed by atoms with E-state index in [1.807, 2.05) is 67.6 Å². The quantitative estimate of drug-likeness (QED) is 0.153. The third-order valence-electron chi connectivity index (χ3n) is 7.08. The summed E-state index contributed by atoms with van der Waals surface area (Å²) in [5, 5.41) is 3.37. The van der Waals surface area contributed by atoms with Crippen LogP contribution < -0.4 is 9.62 Å². The van der Waals surface area contributed by atoms with Crippen molar-refractivity contribution in [1.29, 1.82) is 0 Å². The number of rotatable bonds is 14. The van der Waals surface area contributed by atoms with Gasteiger partial charge in [-0.1, -0.05) is 115 Å². The predicted molar refractivity (Wildman–Crippen MR) is 176 cm³/mol. The second kappa shape index (κ2) is 15.7. The molecule has 0 heterocycles. The molecule has 0 spiro atoms. The minimum atomic E-state index is -4.26. The van der Waals surface area contributed by atoms with Crippen molar-refractivity contribution in [3.05, 3.63) is 130 Å². The first-order valence-electron chi connectivity index (χ1n) is 14.4. The van der Waals surface area contributed by atoms with Gasteiger partial charge in [0.15, 0.2) is 0 Å². The third kappa shape index (κ3) is 8.62. The molecule has 0 radical (unpaired) electrons. The van der Waals surface area contributed by atoms with Gasteiger partial charge in [-0.3, -0.25) is 13.9 Å². The fraction of sp³-hybridized carbons (Fsp3) is 0.235. The van der Waals surface area contributed by atoms with Gasteiger partial charge in [-0.05, 0) is 47.9 Å². The van der Waals surface area contributed by atoms with Gasteiger partial charge in [0.2, 0.25) is 11.8 Å². The van der Waals surface area contributed by atoms with Gasteiger partial charge in [-0.2, -0.15) is 0 Å². The first kappa shape index (κ1) is 33.1. The number of sulfonamides is 1. The lowest BCUT2D eigenvalue weighted by molar-refractivity contribution is -0.140. The van der Waals surface area contributed by atoms with E-state index in [0.29, 0.717) is 11.6 Å². The fourth-order valence-electron chi connectivity index (χ4n) is 4.76. The molecule has 230 valence electrons. The van der Waals surface area contributed by atoms with Crippen LogP contribution in [0, 0.1) is 0 Å². The molecule has 2 amide bonds. The number of carbonyl (C=O) groups is 2. The molecule has 0 saturated heterocycles. The summed E-state index contributed by atoms with van der Waals surface area (Å²) in [6.07, 6.45) is 1.92. The van der Waals surface area contributed by atoms with Gasteiger partial charge in [0, 0.05) is 24.5 Å². The van der Waals surface area contributed by atoms with Crippen molar-refractivity contribution in [2.24, 2.45) is 0 Å². The van der Waals surface area contributed by atoms with Crippen LogP contribution in [-0.4, -0.2) is 44.3 Å². The second-order valence-corrected chi connectivity index (χ2v) is 13.0. The van der Waals surface area contributed by atoms with Crippen LogP contribution in [0.3, 0.4) is 0 Å². The Hall–Kier alpha value is -3.85. The maximum atomic E-state index is 14.4. The van der Waals surface area contributed by atoms with Crippen LogP contribution in [0.5, 0.6) is 0 Å². The zero-order valence-corrected chi connectivity index (χ0v) is 26.7. The zero-order chi connectivity index (χ0) is 31.5. The summed E-state index contributed by atoms with van der Waals surface area (Å²) in [5.74, 6) is -0.875. The van der Waals surface area contributed by atoms with Crippen LogP contribution in [-0.2, 0) is 32.6 Å². The first-order valence-corrected chi connectivity index (χ1v) is 16.6. The van der Waals surface area contributed by atoms with E-state index in [9.17, 15) is 18.0 Å². The number of benzene rings is 4. The largest absolute Gasteiger partial charge is 0.354 e. The Bertz CT molecular complexity index is 1640. The molecule has 4 aromatic carbocycles. The minimum absolute atomic E-state index is 0.00781. The van der Waals surface area contributed by atoms with Crippen molar-refractivity contribution < 1.29 is 18.0 Å². The Balaban J connectivity index is 1.79. The standard InChI is InChI=1S/C34H35Cl2N3O4S/c1-2-3-21-37-34(41)32(22-26-13-7-4-8-14-26)38(24-27-15-9-5-10-16-27)33(40)25-39(31-20-19-28(35)23-30(31)36)44(42,43)29-17-11-6-12-18-29/h4-20,23,32H,2-3,21-22,24-25H2,1H3,(H,37,41)/t32-/m0/s1. The van der Waals surface area contributed by atoms with Crippen LogP contribution >= 0.6 is 23.2 Å². The molecule has 4 aromatic rings. The number of unbranched alkanes of at least 4 members (excludes halogenated alkanes) is 1. The van der Waals surface area contributed by atoms with E-state index in [2.05, 4.69) is 5.32 Å². The Kier molecular flexibility index (Phi) is 11.8. The van der Waals surface area contributed by atoms with E-state index in [0.717, 1.165) is 28.3 Å². The zero-order valence-electron chi connectivity index (χ0n) is 24.4. The van der Waals surface area contributed by atoms with Crippen LogP contribution in [0.15, 0.2) is 114 Å². The molecule has 0 aliphatic rings. The fourth-order valence-corrected chi connectivity index (χ4v) is 6.77. The summed E-state index contributed by atoms with van der Waals surface area (Å²) in [6, 6.07) is 30.1. The predicted octanol–water partition coefficient (Wildman–Crippen LogP) is 6.75. The highest BCUT2D eigenvalue weighted by Crippen LogP contribution is 2.33. The molecule has 1 atom stereocenters. The van der Waals surface area contributed by atoms with E-state index < -0.39 is 28.5 Å². The normalized spacial score (nSPS) is 11.9. The third-order valence-corrected chi connectivity index (χ3v) is 9.40. The van der Waals surface area contributed by atoms with Gasteiger partial charge < -0.3 is 10.2 Å². The summed E-state index contributed by atoms with van der Waals surface area (Å²) < 4.78 is 29.1. The smallest absolute Gasteiger partial charge is 0.264 e. The van der Waals surface area contributed by atoms with E-state index in [1.165, 1.54) is 35.2 Å². The maximum absolute atomic E-state index is 14.4. The van der Waals surface area contributed by atoms with Crippen molar-refractivity contribution in [3.63, 3.8) is 0 Å². The molecule has 10 heteroatoms. The van der Waals surface area contributed by atoms with Crippen LogP contribution in [0.25, 0.3) is 0 Å². The summed E-state index contributed by atoms with van der Waals surface area (Å²) in [4.78, 5) is 29.6. The lowest BCUT2D eigenvalue weighted by atomic mass is 10.0. The molecule has 7 nitrogen and oxygen atoms in total. The number of hydrogen-bond acceptors (Lipinski definition) is 4. The molecule has 0 unspecified atom stereocenters. The molecule has 0 aliphatic carbocycles. The van der Waals surface area contributed by atoms with Crippen molar-refractivity contribution in [2.45, 2.75) is 43.7 Å². The minimum Gasteiger partial charge on any atom is -0.354 e. The van der Waals surface area contributed by atoms with Gasteiger partial charge in [0.25, 0.3) is 10.0 Å².